The number of rotatable bonds is 3. The van der Waals surface area contributed by atoms with Gasteiger partial charge in [-0.25, -0.2) is 0 Å². The van der Waals surface area contributed by atoms with Crippen LogP contribution in [0.3, 0.4) is 0 Å². The van der Waals surface area contributed by atoms with Gasteiger partial charge in [0.2, 0.25) is 0 Å². The van der Waals surface area contributed by atoms with E-state index in [1.165, 1.54) is 25.7 Å². The van der Waals surface area contributed by atoms with Gasteiger partial charge in [0.1, 0.15) is 0 Å². The molecule has 3 nitrogen and oxygen atoms in total. The number of nitrogens with zero attached hydrogens (tertiary/aromatic N) is 1. The van der Waals surface area contributed by atoms with Crippen LogP contribution in [-0.2, 0) is 4.74 Å². The Kier molecular flexibility index (Phi) is 4.45. The van der Waals surface area contributed by atoms with Gasteiger partial charge in [-0.1, -0.05) is 13.3 Å². The SMILES string of the molecule is CCNC1CCCC(N2CCOCC2(C)C)C1. The predicted octanol–water partition coefficient (Wildman–Crippen LogP) is 2.02. The molecule has 17 heavy (non-hydrogen) atoms. The Hall–Kier alpha value is -0.120. The van der Waals surface area contributed by atoms with Crippen LogP contribution in [0.4, 0.5) is 0 Å². The first-order valence-electron chi connectivity index (χ1n) is 7.21. The first-order chi connectivity index (χ1) is 8.13. The number of nitrogens with one attached hydrogen (secondary N) is 1. The molecule has 0 amide bonds. The van der Waals surface area contributed by atoms with Crippen LogP contribution in [0.25, 0.3) is 0 Å². The van der Waals surface area contributed by atoms with Gasteiger partial charge in [0, 0.05) is 24.2 Å². The molecule has 2 fully saturated rings. The van der Waals surface area contributed by atoms with E-state index in [1.807, 2.05) is 0 Å². The molecule has 1 saturated carbocycles. The zero-order chi connectivity index (χ0) is 12.3. The zero-order valence-corrected chi connectivity index (χ0v) is 11.7. The van der Waals surface area contributed by atoms with E-state index in [9.17, 15) is 0 Å². The zero-order valence-electron chi connectivity index (χ0n) is 11.7. The van der Waals surface area contributed by atoms with Gasteiger partial charge < -0.3 is 10.1 Å². The third kappa shape index (κ3) is 3.21. The first kappa shape index (κ1) is 13.3. The van der Waals surface area contributed by atoms with Crippen molar-refractivity contribution < 1.29 is 4.74 Å². The molecule has 1 saturated heterocycles. The van der Waals surface area contributed by atoms with Gasteiger partial charge in [0.15, 0.2) is 0 Å². The summed E-state index contributed by atoms with van der Waals surface area (Å²) in [5.74, 6) is 0. The summed E-state index contributed by atoms with van der Waals surface area (Å²) in [4.78, 5) is 2.69. The monoisotopic (exact) mass is 240 g/mol. The summed E-state index contributed by atoms with van der Waals surface area (Å²) in [6.07, 6.45) is 5.41. The summed E-state index contributed by atoms with van der Waals surface area (Å²) >= 11 is 0. The molecule has 0 aromatic carbocycles. The van der Waals surface area contributed by atoms with Crippen molar-refractivity contribution in [3.8, 4) is 0 Å². The van der Waals surface area contributed by atoms with Gasteiger partial charge in [-0.05, 0) is 39.7 Å². The molecular formula is C14H28N2O. The van der Waals surface area contributed by atoms with E-state index in [4.69, 9.17) is 4.74 Å². The molecule has 2 aliphatic rings. The summed E-state index contributed by atoms with van der Waals surface area (Å²) in [5.41, 5.74) is 0.219. The average molecular weight is 240 g/mol. The second-order valence-corrected chi connectivity index (χ2v) is 6.13. The van der Waals surface area contributed by atoms with E-state index >= 15 is 0 Å². The Morgan fingerprint density at radius 1 is 1.35 bits per heavy atom. The van der Waals surface area contributed by atoms with Crippen molar-refractivity contribution in [2.45, 2.75) is 64.1 Å². The second kappa shape index (κ2) is 5.68. The fourth-order valence-electron chi connectivity index (χ4n) is 3.47. The Bertz CT molecular complexity index is 240. The molecule has 1 aliphatic carbocycles. The van der Waals surface area contributed by atoms with Gasteiger partial charge in [-0.3, -0.25) is 4.90 Å². The van der Waals surface area contributed by atoms with Crippen molar-refractivity contribution in [1.29, 1.82) is 0 Å². The molecule has 0 bridgehead atoms. The maximum absolute atomic E-state index is 5.62. The number of hydrogen-bond donors (Lipinski definition) is 1. The molecule has 0 spiro atoms. The fraction of sp³-hybridized carbons (Fsp3) is 1.00. The third-order valence-electron chi connectivity index (χ3n) is 4.29. The van der Waals surface area contributed by atoms with Crippen LogP contribution in [0.1, 0.15) is 46.5 Å². The second-order valence-electron chi connectivity index (χ2n) is 6.13. The molecule has 0 radical (unpaired) electrons. The minimum atomic E-state index is 0.219. The van der Waals surface area contributed by atoms with Crippen LogP contribution in [0.5, 0.6) is 0 Å². The predicted molar refractivity (Wildman–Crippen MR) is 71.3 cm³/mol. The summed E-state index contributed by atoms with van der Waals surface area (Å²) < 4.78 is 5.62. The molecule has 2 rings (SSSR count). The third-order valence-corrected chi connectivity index (χ3v) is 4.29. The quantitative estimate of drug-likeness (QED) is 0.817. The molecule has 100 valence electrons. The normalized spacial score (nSPS) is 34.8. The summed E-state index contributed by atoms with van der Waals surface area (Å²) in [6.45, 7) is 10.9. The molecule has 1 aliphatic heterocycles. The van der Waals surface area contributed by atoms with E-state index in [0.717, 1.165) is 38.4 Å². The summed E-state index contributed by atoms with van der Waals surface area (Å²) in [5, 5.41) is 3.62. The topological polar surface area (TPSA) is 24.5 Å². The van der Waals surface area contributed by atoms with Crippen LogP contribution >= 0.6 is 0 Å². The van der Waals surface area contributed by atoms with Crippen molar-refractivity contribution >= 4 is 0 Å². The van der Waals surface area contributed by atoms with E-state index in [1.54, 1.807) is 0 Å². The average Bonchev–Trinajstić information content (AvgIpc) is 2.29. The molecule has 2 atom stereocenters. The smallest absolute Gasteiger partial charge is 0.0645 e. The highest BCUT2D eigenvalue weighted by Crippen LogP contribution is 2.30. The summed E-state index contributed by atoms with van der Waals surface area (Å²) in [7, 11) is 0. The van der Waals surface area contributed by atoms with Gasteiger partial charge in [0.25, 0.3) is 0 Å². The highest BCUT2D eigenvalue weighted by atomic mass is 16.5. The van der Waals surface area contributed by atoms with Crippen molar-refractivity contribution in [1.82, 2.24) is 10.2 Å². The molecular weight excluding hydrogens is 212 g/mol. The van der Waals surface area contributed by atoms with Crippen LogP contribution in [-0.4, -0.2) is 48.8 Å². The highest BCUT2D eigenvalue weighted by Gasteiger charge is 2.37. The fourth-order valence-corrected chi connectivity index (χ4v) is 3.47. The number of hydrogen-bond acceptors (Lipinski definition) is 3. The van der Waals surface area contributed by atoms with Gasteiger partial charge in [-0.2, -0.15) is 0 Å². The van der Waals surface area contributed by atoms with Crippen molar-refractivity contribution in [2.75, 3.05) is 26.3 Å². The van der Waals surface area contributed by atoms with E-state index in [-0.39, 0.29) is 5.54 Å². The maximum atomic E-state index is 5.62. The van der Waals surface area contributed by atoms with Crippen LogP contribution in [0.15, 0.2) is 0 Å². The van der Waals surface area contributed by atoms with Crippen LogP contribution < -0.4 is 5.32 Å². The molecule has 1 N–H and O–H groups in total. The molecule has 0 aromatic rings. The van der Waals surface area contributed by atoms with Crippen LogP contribution in [0.2, 0.25) is 0 Å². The Morgan fingerprint density at radius 3 is 2.88 bits per heavy atom. The van der Waals surface area contributed by atoms with E-state index in [2.05, 4.69) is 31.0 Å². The standard InChI is InChI=1S/C14H28N2O/c1-4-15-12-6-5-7-13(10-12)16-8-9-17-11-14(16,2)3/h12-13,15H,4-11H2,1-3H3. The molecule has 2 unspecified atom stereocenters. The summed E-state index contributed by atoms with van der Waals surface area (Å²) in [6, 6.07) is 1.49. The number of ether oxygens (including phenoxy) is 1. The van der Waals surface area contributed by atoms with Crippen molar-refractivity contribution in [2.24, 2.45) is 0 Å². The Labute approximate surface area is 106 Å². The van der Waals surface area contributed by atoms with Gasteiger partial charge in [0.05, 0.1) is 13.2 Å². The lowest BCUT2D eigenvalue weighted by Crippen LogP contribution is -2.59. The van der Waals surface area contributed by atoms with Crippen molar-refractivity contribution in [3.05, 3.63) is 0 Å². The lowest BCUT2D eigenvalue weighted by molar-refractivity contribution is -0.0798. The maximum Gasteiger partial charge on any atom is 0.0645 e. The lowest BCUT2D eigenvalue weighted by Gasteiger charge is -2.49. The minimum absolute atomic E-state index is 0.219. The molecule has 3 heteroatoms. The van der Waals surface area contributed by atoms with Gasteiger partial charge in [-0.15, -0.1) is 0 Å². The van der Waals surface area contributed by atoms with E-state index in [0.29, 0.717) is 0 Å². The molecule has 1 heterocycles. The van der Waals surface area contributed by atoms with Crippen LogP contribution in [0, 0.1) is 0 Å². The Balaban J connectivity index is 1.95. The van der Waals surface area contributed by atoms with Crippen molar-refractivity contribution in [3.63, 3.8) is 0 Å². The Morgan fingerprint density at radius 2 is 2.18 bits per heavy atom. The van der Waals surface area contributed by atoms with Gasteiger partial charge >= 0.3 is 0 Å². The molecule has 0 aromatic heterocycles. The number of morpholine rings is 1. The minimum Gasteiger partial charge on any atom is -0.378 e. The largest absolute Gasteiger partial charge is 0.378 e. The van der Waals surface area contributed by atoms with E-state index < -0.39 is 0 Å². The lowest BCUT2D eigenvalue weighted by atomic mass is 9.87. The first-order valence-corrected chi connectivity index (χ1v) is 7.21. The highest BCUT2D eigenvalue weighted by molar-refractivity contribution is 4.92.